The van der Waals surface area contributed by atoms with Gasteiger partial charge in [0.2, 0.25) is 0 Å². The number of carbonyl (C=O) groups excluding carboxylic acids is 4. The van der Waals surface area contributed by atoms with Crippen molar-refractivity contribution in [1.82, 2.24) is 0 Å². The van der Waals surface area contributed by atoms with E-state index in [2.05, 4.69) is 14.8 Å². The van der Waals surface area contributed by atoms with Crippen LogP contribution >= 0.6 is 0 Å². The third kappa shape index (κ3) is 1.98. The van der Waals surface area contributed by atoms with Crippen LogP contribution in [0.25, 0.3) is 0 Å². The average Bonchev–Trinajstić information content (AvgIpc) is 2.96. The SMILES string of the molecule is O=C1OC(=O)c2cc(Nc3ccc4c(c3)C(=O)OC4=O)ccc21. The number of anilines is 2. The molecule has 4 rings (SSSR count). The summed E-state index contributed by atoms with van der Waals surface area (Å²) in [6.45, 7) is 0. The highest BCUT2D eigenvalue weighted by molar-refractivity contribution is 6.16. The maximum atomic E-state index is 11.5. The van der Waals surface area contributed by atoms with Crippen molar-refractivity contribution in [2.75, 3.05) is 5.32 Å². The summed E-state index contributed by atoms with van der Waals surface area (Å²) < 4.78 is 9.04. The van der Waals surface area contributed by atoms with Gasteiger partial charge in [-0.2, -0.15) is 0 Å². The molecule has 0 aliphatic carbocycles. The van der Waals surface area contributed by atoms with E-state index in [0.717, 1.165) is 0 Å². The summed E-state index contributed by atoms with van der Waals surface area (Å²) in [5.74, 6) is -2.74. The first-order valence-electron chi connectivity index (χ1n) is 6.61. The van der Waals surface area contributed by atoms with Gasteiger partial charge < -0.3 is 14.8 Å². The number of fused-ring (bicyclic) bond motifs is 2. The van der Waals surface area contributed by atoms with Gasteiger partial charge in [-0.1, -0.05) is 0 Å². The molecule has 0 atom stereocenters. The monoisotopic (exact) mass is 309 g/mol. The van der Waals surface area contributed by atoms with Crippen molar-refractivity contribution in [2.45, 2.75) is 0 Å². The number of rotatable bonds is 2. The second kappa shape index (κ2) is 4.51. The molecule has 0 bridgehead atoms. The summed E-state index contributed by atoms with van der Waals surface area (Å²) in [4.78, 5) is 45.9. The van der Waals surface area contributed by atoms with E-state index in [1.165, 1.54) is 24.3 Å². The number of benzene rings is 2. The number of cyclic esters (lactones) is 4. The number of ether oxygens (including phenoxy) is 2. The van der Waals surface area contributed by atoms with Gasteiger partial charge in [0.1, 0.15) is 0 Å². The molecule has 0 spiro atoms. The van der Waals surface area contributed by atoms with E-state index in [9.17, 15) is 19.2 Å². The fourth-order valence-electron chi connectivity index (χ4n) is 2.49. The van der Waals surface area contributed by atoms with Gasteiger partial charge in [-0.3, -0.25) is 0 Å². The standard InChI is InChI=1S/C16H7NO6/c18-13-9-3-1-7(5-11(9)15(20)22-13)17-8-2-4-10-12(6-8)16(21)23-14(10)19/h1-6,17H. The van der Waals surface area contributed by atoms with Gasteiger partial charge in [-0.25, -0.2) is 19.2 Å². The lowest BCUT2D eigenvalue weighted by molar-refractivity contribution is 0.0425. The number of esters is 4. The second-order valence-electron chi connectivity index (χ2n) is 5.00. The van der Waals surface area contributed by atoms with Gasteiger partial charge in [0.05, 0.1) is 22.3 Å². The molecule has 2 aromatic rings. The minimum Gasteiger partial charge on any atom is -0.386 e. The Labute approximate surface area is 128 Å². The maximum Gasteiger partial charge on any atom is 0.346 e. The third-order valence-electron chi connectivity index (χ3n) is 3.58. The molecule has 1 N–H and O–H groups in total. The Kier molecular flexibility index (Phi) is 2.59. The zero-order valence-electron chi connectivity index (χ0n) is 11.4. The lowest BCUT2D eigenvalue weighted by atomic mass is 10.1. The van der Waals surface area contributed by atoms with Crippen LogP contribution in [0.2, 0.25) is 0 Å². The second-order valence-corrected chi connectivity index (χ2v) is 5.00. The van der Waals surface area contributed by atoms with Crippen molar-refractivity contribution in [3.63, 3.8) is 0 Å². The zero-order chi connectivity index (χ0) is 16.1. The smallest absolute Gasteiger partial charge is 0.346 e. The molecule has 2 aromatic carbocycles. The normalized spacial score (nSPS) is 15.1. The molecule has 2 aliphatic rings. The van der Waals surface area contributed by atoms with Crippen LogP contribution in [0.3, 0.4) is 0 Å². The highest BCUT2D eigenvalue weighted by Crippen LogP contribution is 2.28. The van der Waals surface area contributed by atoms with Crippen LogP contribution in [0, 0.1) is 0 Å². The number of carbonyl (C=O) groups is 4. The maximum absolute atomic E-state index is 11.5. The summed E-state index contributed by atoms with van der Waals surface area (Å²) in [6, 6.07) is 9.15. The molecular weight excluding hydrogens is 302 g/mol. The minimum absolute atomic E-state index is 0.177. The number of hydrogen-bond acceptors (Lipinski definition) is 7. The molecule has 0 amide bonds. The quantitative estimate of drug-likeness (QED) is 0.669. The highest BCUT2D eigenvalue weighted by Gasteiger charge is 2.31. The van der Waals surface area contributed by atoms with Crippen LogP contribution in [-0.4, -0.2) is 23.9 Å². The molecule has 0 fully saturated rings. The van der Waals surface area contributed by atoms with Crippen molar-refractivity contribution < 1.29 is 28.7 Å². The van der Waals surface area contributed by atoms with Crippen molar-refractivity contribution in [3.05, 3.63) is 58.7 Å². The van der Waals surface area contributed by atoms with Crippen LogP contribution < -0.4 is 5.32 Å². The topological polar surface area (TPSA) is 98.8 Å². The molecule has 0 saturated carbocycles. The molecular formula is C16H7NO6. The van der Waals surface area contributed by atoms with Gasteiger partial charge in [0.25, 0.3) is 0 Å². The van der Waals surface area contributed by atoms with E-state index >= 15 is 0 Å². The van der Waals surface area contributed by atoms with E-state index in [1.54, 1.807) is 12.1 Å². The largest absolute Gasteiger partial charge is 0.386 e. The molecule has 0 aromatic heterocycles. The third-order valence-corrected chi connectivity index (χ3v) is 3.58. The lowest BCUT2D eigenvalue weighted by Gasteiger charge is -2.07. The molecule has 7 heteroatoms. The summed E-state index contributed by atoms with van der Waals surface area (Å²) in [6.07, 6.45) is 0. The fraction of sp³-hybridized carbons (Fsp3) is 0. The molecule has 0 unspecified atom stereocenters. The van der Waals surface area contributed by atoms with Crippen LogP contribution in [0.1, 0.15) is 41.4 Å². The predicted octanol–water partition coefficient (Wildman–Crippen LogP) is 2.05. The van der Waals surface area contributed by atoms with E-state index < -0.39 is 23.9 Å². The lowest BCUT2D eigenvalue weighted by Crippen LogP contribution is -1.98. The van der Waals surface area contributed by atoms with Gasteiger partial charge in [-0.05, 0) is 36.4 Å². The Morgan fingerprint density at radius 1 is 0.565 bits per heavy atom. The van der Waals surface area contributed by atoms with Crippen LogP contribution in [0.15, 0.2) is 36.4 Å². The fourth-order valence-corrected chi connectivity index (χ4v) is 2.49. The molecule has 2 aliphatic heterocycles. The van der Waals surface area contributed by atoms with Crippen molar-refractivity contribution >= 4 is 35.3 Å². The Morgan fingerprint density at radius 2 is 0.957 bits per heavy atom. The van der Waals surface area contributed by atoms with Crippen molar-refractivity contribution in [3.8, 4) is 0 Å². The van der Waals surface area contributed by atoms with E-state index in [-0.39, 0.29) is 22.3 Å². The summed E-state index contributed by atoms with van der Waals surface area (Å²) in [5.41, 5.74) is 1.85. The molecule has 2 heterocycles. The molecule has 23 heavy (non-hydrogen) atoms. The minimum atomic E-state index is -0.697. The highest BCUT2D eigenvalue weighted by atomic mass is 16.6. The van der Waals surface area contributed by atoms with Gasteiger partial charge >= 0.3 is 23.9 Å². The van der Waals surface area contributed by atoms with Crippen LogP contribution in [0.5, 0.6) is 0 Å². The Balaban J connectivity index is 1.68. The Hall–Kier alpha value is -3.48. The van der Waals surface area contributed by atoms with E-state index in [4.69, 9.17) is 0 Å². The van der Waals surface area contributed by atoms with E-state index in [1.807, 2.05) is 0 Å². The first-order chi connectivity index (χ1) is 11.0. The summed E-state index contributed by atoms with van der Waals surface area (Å²) >= 11 is 0. The van der Waals surface area contributed by atoms with Gasteiger partial charge in [0.15, 0.2) is 0 Å². The first kappa shape index (κ1) is 13.2. The molecule has 7 nitrogen and oxygen atoms in total. The summed E-state index contributed by atoms with van der Waals surface area (Å²) in [7, 11) is 0. The van der Waals surface area contributed by atoms with Gasteiger partial charge in [0, 0.05) is 11.4 Å². The Morgan fingerprint density at radius 3 is 1.39 bits per heavy atom. The number of nitrogens with one attached hydrogen (secondary N) is 1. The van der Waals surface area contributed by atoms with E-state index in [0.29, 0.717) is 11.4 Å². The van der Waals surface area contributed by atoms with Crippen molar-refractivity contribution in [1.29, 1.82) is 0 Å². The first-order valence-corrected chi connectivity index (χ1v) is 6.61. The van der Waals surface area contributed by atoms with Crippen LogP contribution in [-0.2, 0) is 9.47 Å². The average molecular weight is 309 g/mol. The Bertz CT molecular complexity index is 855. The number of hydrogen-bond donors (Lipinski definition) is 1. The molecule has 0 saturated heterocycles. The van der Waals surface area contributed by atoms with Crippen LogP contribution in [0.4, 0.5) is 11.4 Å². The molecule has 0 radical (unpaired) electrons. The van der Waals surface area contributed by atoms with Gasteiger partial charge in [-0.15, -0.1) is 0 Å². The summed E-state index contributed by atoms with van der Waals surface area (Å²) in [5, 5.41) is 3.00. The predicted molar refractivity (Wildman–Crippen MR) is 75.7 cm³/mol. The zero-order valence-corrected chi connectivity index (χ0v) is 11.4. The molecule has 112 valence electrons. The van der Waals surface area contributed by atoms with Crippen molar-refractivity contribution in [2.24, 2.45) is 0 Å².